The number of nitrogens with zero attached hydrogens (tertiary/aromatic N) is 1. The summed E-state index contributed by atoms with van der Waals surface area (Å²) in [7, 11) is 1.67. The van der Waals surface area contributed by atoms with E-state index in [1.165, 1.54) is 0 Å². The zero-order valence-corrected chi connectivity index (χ0v) is 25.2. The summed E-state index contributed by atoms with van der Waals surface area (Å²) in [5.74, 6) is 1.77. The number of nitrogens with two attached hydrogens (primary N) is 1. The minimum absolute atomic E-state index is 0.127. The number of methoxy groups -OCH3 is 1. The van der Waals surface area contributed by atoms with Gasteiger partial charge in [-0.25, -0.2) is 4.79 Å². The number of benzene rings is 3. The molecule has 0 saturated carbocycles. The third-order valence-electron chi connectivity index (χ3n) is 7.09. The molecule has 1 aliphatic rings. The molecule has 3 aromatic carbocycles. The van der Waals surface area contributed by atoms with E-state index in [2.05, 4.69) is 12.1 Å². The third kappa shape index (κ3) is 9.39. The summed E-state index contributed by atoms with van der Waals surface area (Å²) in [6.07, 6.45) is 1.04. The van der Waals surface area contributed by atoms with E-state index in [-0.39, 0.29) is 18.1 Å². The summed E-state index contributed by atoms with van der Waals surface area (Å²) >= 11 is 0. The highest BCUT2D eigenvalue weighted by molar-refractivity contribution is 5.68. The number of carbonyl (C=O) groups is 1. The van der Waals surface area contributed by atoms with Crippen molar-refractivity contribution in [2.24, 2.45) is 0 Å². The molecule has 2 unspecified atom stereocenters. The van der Waals surface area contributed by atoms with Crippen molar-refractivity contribution in [2.45, 2.75) is 64.4 Å². The average molecular weight is 577 g/mol. The van der Waals surface area contributed by atoms with Crippen LogP contribution >= 0.6 is 0 Å². The Morgan fingerprint density at radius 3 is 2.50 bits per heavy atom. The molecule has 1 saturated heterocycles. The molecule has 1 aliphatic heterocycles. The summed E-state index contributed by atoms with van der Waals surface area (Å²) in [5.41, 5.74) is 9.30. The van der Waals surface area contributed by atoms with Crippen molar-refractivity contribution in [1.82, 2.24) is 4.90 Å². The fourth-order valence-electron chi connectivity index (χ4n) is 5.01. The minimum Gasteiger partial charge on any atom is -0.496 e. The molecule has 0 spiro atoms. The second kappa shape index (κ2) is 14.9. The number of carbonyl (C=O) groups excluding carboxylic acids is 1. The zero-order chi connectivity index (χ0) is 30.0. The summed E-state index contributed by atoms with van der Waals surface area (Å²) in [6.45, 7) is 8.77. The Balaban J connectivity index is 1.31. The Labute approximate surface area is 249 Å². The van der Waals surface area contributed by atoms with Gasteiger partial charge in [0.25, 0.3) is 0 Å². The van der Waals surface area contributed by atoms with Crippen molar-refractivity contribution in [3.05, 3.63) is 89.5 Å². The van der Waals surface area contributed by atoms with Crippen molar-refractivity contribution in [1.29, 1.82) is 0 Å². The molecule has 4 rings (SSSR count). The minimum atomic E-state index is -0.552. The van der Waals surface area contributed by atoms with Gasteiger partial charge in [-0.3, -0.25) is 0 Å². The molecular weight excluding hydrogens is 532 g/mol. The first-order chi connectivity index (χ1) is 20.2. The third-order valence-corrected chi connectivity index (χ3v) is 7.09. The largest absolute Gasteiger partial charge is 0.496 e. The Hall–Kier alpha value is -3.75. The van der Waals surface area contributed by atoms with Gasteiger partial charge in [0.05, 0.1) is 46.2 Å². The van der Waals surface area contributed by atoms with Gasteiger partial charge in [0.1, 0.15) is 17.1 Å². The van der Waals surface area contributed by atoms with Gasteiger partial charge in [-0.2, -0.15) is 0 Å². The van der Waals surface area contributed by atoms with Crippen molar-refractivity contribution in [3.8, 4) is 11.5 Å². The molecule has 0 radical (unpaired) electrons. The Kier molecular flexibility index (Phi) is 11.1. The molecule has 2 N–H and O–H groups in total. The molecular formula is C34H44N2O6. The number of para-hydroxylation sites is 1. The van der Waals surface area contributed by atoms with Crippen LogP contribution in [0.15, 0.2) is 72.8 Å². The van der Waals surface area contributed by atoms with E-state index in [9.17, 15) is 4.79 Å². The monoisotopic (exact) mass is 576 g/mol. The molecule has 2 atom stereocenters. The van der Waals surface area contributed by atoms with Gasteiger partial charge in [0, 0.05) is 30.1 Å². The summed E-state index contributed by atoms with van der Waals surface area (Å²) in [6, 6.07) is 23.7. The number of nitrogen functional groups attached to an aromatic ring is 1. The standard InChI is InChI=1S/C34H44N2O6/c1-34(2,3)42-33(37)36-18-17-30(32(22-36)41-23-25-9-7-11-28(35)21-25)26-13-15-29(16-14-26)40-20-8-19-39-24-27-10-5-6-12-31(27)38-4/h5-7,9-16,21,30,32H,8,17-20,22-24,35H2,1-4H3. The van der Waals surface area contributed by atoms with Crippen LogP contribution in [-0.4, -0.2) is 56.1 Å². The molecule has 3 aromatic rings. The maximum absolute atomic E-state index is 12.8. The number of hydrogen-bond acceptors (Lipinski definition) is 7. The normalized spacial score (nSPS) is 17.1. The zero-order valence-electron chi connectivity index (χ0n) is 25.2. The Morgan fingerprint density at radius 1 is 0.976 bits per heavy atom. The lowest BCUT2D eigenvalue weighted by Crippen LogP contribution is -2.48. The number of hydrogen-bond donors (Lipinski definition) is 1. The second-order valence-electron chi connectivity index (χ2n) is 11.6. The number of amides is 1. The van der Waals surface area contributed by atoms with Crippen molar-refractivity contribution >= 4 is 11.8 Å². The molecule has 42 heavy (non-hydrogen) atoms. The van der Waals surface area contributed by atoms with Gasteiger partial charge >= 0.3 is 6.09 Å². The van der Waals surface area contributed by atoms with Crippen LogP contribution in [-0.2, 0) is 27.4 Å². The van der Waals surface area contributed by atoms with Gasteiger partial charge in [-0.1, -0.05) is 42.5 Å². The van der Waals surface area contributed by atoms with Gasteiger partial charge in [-0.15, -0.1) is 0 Å². The Morgan fingerprint density at radius 2 is 1.76 bits per heavy atom. The van der Waals surface area contributed by atoms with E-state index in [0.29, 0.717) is 45.2 Å². The van der Waals surface area contributed by atoms with E-state index in [1.54, 1.807) is 12.0 Å². The first-order valence-corrected chi connectivity index (χ1v) is 14.6. The number of rotatable bonds is 12. The molecule has 1 amide bonds. The fourth-order valence-corrected chi connectivity index (χ4v) is 5.01. The number of piperidine rings is 1. The summed E-state index contributed by atoms with van der Waals surface area (Å²) in [5, 5.41) is 0. The molecule has 1 heterocycles. The van der Waals surface area contributed by atoms with Crippen molar-refractivity contribution in [2.75, 3.05) is 39.1 Å². The van der Waals surface area contributed by atoms with Crippen LogP contribution in [0.4, 0.5) is 10.5 Å². The first-order valence-electron chi connectivity index (χ1n) is 14.6. The van der Waals surface area contributed by atoms with Gasteiger partial charge in [-0.05, 0) is 68.7 Å². The molecule has 8 heteroatoms. The van der Waals surface area contributed by atoms with Crippen molar-refractivity contribution < 1.29 is 28.5 Å². The highest BCUT2D eigenvalue weighted by atomic mass is 16.6. The SMILES string of the molecule is COc1ccccc1COCCCOc1ccc(C2CCN(C(=O)OC(C)(C)C)CC2OCc2cccc(N)c2)cc1. The topological polar surface area (TPSA) is 92.5 Å². The first kappa shape index (κ1) is 31.2. The van der Waals surface area contributed by atoms with Gasteiger partial charge < -0.3 is 34.3 Å². The second-order valence-corrected chi connectivity index (χ2v) is 11.6. The molecule has 1 fully saturated rings. The van der Waals surface area contributed by atoms with Crippen LogP contribution in [0.25, 0.3) is 0 Å². The van der Waals surface area contributed by atoms with Crippen LogP contribution in [0.3, 0.4) is 0 Å². The highest BCUT2D eigenvalue weighted by Crippen LogP contribution is 2.33. The summed E-state index contributed by atoms with van der Waals surface area (Å²) in [4.78, 5) is 14.6. The maximum Gasteiger partial charge on any atom is 0.410 e. The molecule has 0 aliphatic carbocycles. The van der Waals surface area contributed by atoms with Crippen LogP contribution < -0.4 is 15.2 Å². The van der Waals surface area contributed by atoms with E-state index in [1.807, 2.05) is 81.4 Å². The maximum atomic E-state index is 12.8. The van der Waals surface area contributed by atoms with Crippen LogP contribution in [0, 0.1) is 0 Å². The number of likely N-dealkylation sites (tertiary alicyclic amines) is 1. The predicted molar refractivity (Wildman–Crippen MR) is 164 cm³/mol. The van der Waals surface area contributed by atoms with E-state index >= 15 is 0 Å². The van der Waals surface area contributed by atoms with E-state index in [4.69, 9.17) is 29.4 Å². The van der Waals surface area contributed by atoms with Crippen LogP contribution in [0.5, 0.6) is 11.5 Å². The van der Waals surface area contributed by atoms with E-state index in [0.717, 1.165) is 41.0 Å². The molecule has 0 aromatic heterocycles. The molecule has 226 valence electrons. The lowest BCUT2D eigenvalue weighted by molar-refractivity contribution is -0.0359. The Bertz CT molecular complexity index is 1270. The summed E-state index contributed by atoms with van der Waals surface area (Å²) < 4.78 is 29.2. The average Bonchev–Trinajstić information content (AvgIpc) is 2.97. The fraction of sp³-hybridized carbons (Fsp3) is 0.441. The highest BCUT2D eigenvalue weighted by Gasteiger charge is 2.35. The molecule has 8 nitrogen and oxygen atoms in total. The van der Waals surface area contributed by atoms with Crippen LogP contribution in [0.1, 0.15) is 56.2 Å². The number of anilines is 1. The smallest absolute Gasteiger partial charge is 0.410 e. The quantitative estimate of drug-likeness (QED) is 0.192. The lowest BCUT2D eigenvalue weighted by atomic mass is 9.87. The lowest BCUT2D eigenvalue weighted by Gasteiger charge is -2.39. The molecule has 0 bridgehead atoms. The predicted octanol–water partition coefficient (Wildman–Crippen LogP) is 6.57. The van der Waals surface area contributed by atoms with Crippen molar-refractivity contribution in [3.63, 3.8) is 0 Å². The van der Waals surface area contributed by atoms with Crippen LogP contribution in [0.2, 0.25) is 0 Å². The van der Waals surface area contributed by atoms with Gasteiger partial charge in [0.2, 0.25) is 0 Å². The van der Waals surface area contributed by atoms with E-state index < -0.39 is 5.60 Å². The van der Waals surface area contributed by atoms with Gasteiger partial charge in [0.15, 0.2) is 0 Å². The number of ether oxygens (including phenoxy) is 5.